The lowest BCUT2D eigenvalue weighted by molar-refractivity contribution is 0.0696. The number of benzene rings is 3. The molecule has 4 aromatic rings. The third kappa shape index (κ3) is 6.07. The van der Waals surface area contributed by atoms with Crippen LogP contribution in [0, 0.1) is 3.57 Å². The second kappa shape index (κ2) is 12.1. The van der Waals surface area contributed by atoms with Crippen LogP contribution in [0.4, 0.5) is 0 Å². The first-order valence-corrected chi connectivity index (χ1v) is 13.7. The number of aromatic carboxylic acids is 1. The number of aromatic nitrogens is 2. The number of carboxylic acid groups (broad SMARTS) is 1. The maximum Gasteiger partial charge on any atom is 0.335 e. The van der Waals surface area contributed by atoms with E-state index in [1.165, 1.54) is 10.7 Å². The molecular formula is C28H25BrIN3O5. The largest absolute Gasteiger partial charge is 0.493 e. The fourth-order valence-electron chi connectivity index (χ4n) is 3.81. The molecule has 0 aliphatic carbocycles. The second-order valence-electron chi connectivity index (χ2n) is 8.63. The van der Waals surface area contributed by atoms with Crippen molar-refractivity contribution in [3.63, 3.8) is 0 Å². The SMILES string of the molecule is CC[C@H](C)c1nc2ccc(Br)cc2c(=O)n1N=Cc1cc(I)c(OCc2cccc(C(=O)O)c2)c(OC)c1. The summed E-state index contributed by atoms with van der Waals surface area (Å²) in [5, 5.41) is 14.2. The summed E-state index contributed by atoms with van der Waals surface area (Å²) >= 11 is 5.58. The van der Waals surface area contributed by atoms with Gasteiger partial charge in [-0.15, -0.1) is 0 Å². The van der Waals surface area contributed by atoms with Crippen LogP contribution in [0.3, 0.4) is 0 Å². The highest BCUT2D eigenvalue weighted by atomic mass is 127. The van der Waals surface area contributed by atoms with Crippen molar-refractivity contribution in [2.75, 3.05) is 7.11 Å². The first kappa shape index (κ1) is 27.8. The van der Waals surface area contributed by atoms with E-state index in [9.17, 15) is 14.7 Å². The van der Waals surface area contributed by atoms with E-state index in [0.717, 1.165) is 20.0 Å². The molecule has 38 heavy (non-hydrogen) atoms. The predicted molar refractivity (Wildman–Crippen MR) is 159 cm³/mol. The summed E-state index contributed by atoms with van der Waals surface area (Å²) < 4.78 is 14.5. The van der Waals surface area contributed by atoms with Crippen LogP contribution in [0.1, 0.15) is 53.5 Å². The molecule has 0 radical (unpaired) electrons. The van der Waals surface area contributed by atoms with Gasteiger partial charge in [0.25, 0.3) is 5.56 Å². The number of ether oxygens (including phenoxy) is 2. The molecule has 8 nitrogen and oxygen atoms in total. The highest BCUT2D eigenvalue weighted by Crippen LogP contribution is 2.34. The Morgan fingerprint density at radius 1 is 1.24 bits per heavy atom. The Balaban J connectivity index is 1.68. The predicted octanol–water partition coefficient (Wildman–Crippen LogP) is 6.45. The van der Waals surface area contributed by atoms with Crippen molar-refractivity contribution >= 4 is 61.6 Å². The molecule has 4 rings (SSSR count). The molecule has 0 unspecified atom stereocenters. The molecule has 10 heteroatoms. The van der Waals surface area contributed by atoms with Gasteiger partial charge in [-0.25, -0.2) is 9.78 Å². The monoisotopic (exact) mass is 689 g/mol. The van der Waals surface area contributed by atoms with Crippen LogP contribution >= 0.6 is 38.5 Å². The van der Waals surface area contributed by atoms with Crippen LogP contribution in [0.2, 0.25) is 0 Å². The van der Waals surface area contributed by atoms with Gasteiger partial charge in [-0.05, 0) is 82.6 Å². The lowest BCUT2D eigenvalue weighted by atomic mass is 10.1. The fraction of sp³-hybridized carbons (Fsp3) is 0.214. The third-order valence-electron chi connectivity index (χ3n) is 6.02. The summed E-state index contributed by atoms with van der Waals surface area (Å²) in [5.41, 5.74) is 2.02. The zero-order chi connectivity index (χ0) is 27.4. The number of carbonyl (C=O) groups is 1. The van der Waals surface area contributed by atoms with Gasteiger partial charge >= 0.3 is 5.97 Å². The smallest absolute Gasteiger partial charge is 0.335 e. The number of nitrogens with zero attached hydrogens (tertiary/aromatic N) is 3. The van der Waals surface area contributed by atoms with Crippen LogP contribution in [0.25, 0.3) is 10.9 Å². The van der Waals surface area contributed by atoms with E-state index in [0.29, 0.717) is 33.8 Å². The Kier molecular flexibility index (Phi) is 8.83. The Morgan fingerprint density at radius 2 is 2.03 bits per heavy atom. The molecular weight excluding hydrogens is 665 g/mol. The molecule has 0 saturated carbocycles. The van der Waals surface area contributed by atoms with E-state index in [2.05, 4.69) is 43.6 Å². The minimum Gasteiger partial charge on any atom is -0.493 e. The van der Waals surface area contributed by atoms with E-state index in [4.69, 9.17) is 14.5 Å². The molecule has 3 aromatic carbocycles. The summed E-state index contributed by atoms with van der Waals surface area (Å²) in [7, 11) is 1.54. The summed E-state index contributed by atoms with van der Waals surface area (Å²) in [6.45, 7) is 4.23. The molecule has 0 aliphatic heterocycles. The van der Waals surface area contributed by atoms with Crippen molar-refractivity contribution in [3.05, 3.63) is 95.5 Å². The second-order valence-corrected chi connectivity index (χ2v) is 10.7. The number of carboxylic acids is 1. The van der Waals surface area contributed by atoms with Gasteiger partial charge in [-0.2, -0.15) is 9.78 Å². The summed E-state index contributed by atoms with van der Waals surface area (Å²) in [4.78, 5) is 29.4. The topological polar surface area (TPSA) is 103 Å². The average molecular weight is 690 g/mol. The molecule has 0 fully saturated rings. The Labute approximate surface area is 241 Å². The molecule has 0 saturated heterocycles. The van der Waals surface area contributed by atoms with Gasteiger partial charge in [0.15, 0.2) is 11.5 Å². The molecule has 1 aromatic heterocycles. The van der Waals surface area contributed by atoms with Crippen LogP contribution in [0.15, 0.2) is 69.0 Å². The quantitative estimate of drug-likeness (QED) is 0.160. The zero-order valence-corrected chi connectivity index (χ0v) is 24.7. The highest BCUT2D eigenvalue weighted by Gasteiger charge is 2.16. The maximum absolute atomic E-state index is 13.4. The maximum atomic E-state index is 13.4. The molecule has 0 spiro atoms. The summed E-state index contributed by atoms with van der Waals surface area (Å²) in [6.07, 6.45) is 2.40. The Bertz CT molecular complexity index is 1600. The molecule has 0 bridgehead atoms. The lowest BCUT2D eigenvalue weighted by Gasteiger charge is -2.15. The minimum absolute atomic E-state index is 0.0259. The van der Waals surface area contributed by atoms with E-state index in [1.807, 2.05) is 32.0 Å². The van der Waals surface area contributed by atoms with Gasteiger partial charge in [-0.3, -0.25) is 4.79 Å². The molecule has 196 valence electrons. The highest BCUT2D eigenvalue weighted by molar-refractivity contribution is 14.1. The van der Waals surface area contributed by atoms with Gasteiger partial charge in [0.1, 0.15) is 12.4 Å². The summed E-state index contributed by atoms with van der Waals surface area (Å²) in [5.74, 6) is 0.641. The van der Waals surface area contributed by atoms with Crippen molar-refractivity contribution in [3.8, 4) is 11.5 Å². The van der Waals surface area contributed by atoms with Gasteiger partial charge in [0, 0.05) is 10.4 Å². The van der Waals surface area contributed by atoms with Crippen LogP contribution in [-0.2, 0) is 6.61 Å². The average Bonchev–Trinajstić information content (AvgIpc) is 2.91. The minimum atomic E-state index is -0.993. The zero-order valence-electron chi connectivity index (χ0n) is 20.9. The van der Waals surface area contributed by atoms with E-state index >= 15 is 0 Å². The van der Waals surface area contributed by atoms with E-state index < -0.39 is 5.97 Å². The number of hydrogen-bond donors (Lipinski definition) is 1. The molecule has 1 N–H and O–H groups in total. The molecule has 1 heterocycles. The van der Waals surface area contributed by atoms with Gasteiger partial charge in [0.2, 0.25) is 0 Å². The molecule has 0 aliphatic rings. The van der Waals surface area contributed by atoms with Gasteiger partial charge in [0.05, 0.1) is 33.4 Å². The van der Waals surface area contributed by atoms with E-state index in [1.54, 1.807) is 43.7 Å². The number of halogens is 2. The number of hydrogen-bond acceptors (Lipinski definition) is 6. The first-order chi connectivity index (χ1) is 18.2. The first-order valence-electron chi connectivity index (χ1n) is 11.8. The molecule has 0 amide bonds. The lowest BCUT2D eigenvalue weighted by Crippen LogP contribution is -2.23. The summed E-state index contributed by atoms with van der Waals surface area (Å²) in [6, 6.07) is 15.7. The normalized spacial score (nSPS) is 12.1. The standard InChI is InChI=1S/C28H25BrIN3O5/c1-4-16(2)26-32-23-9-8-20(29)13-21(23)27(34)33(26)31-14-18-11-22(30)25(24(12-18)37-3)38-15-17-6-5-7-19(10-17)28(35)36/h5-14,16H,4,15H2,1-3H3,(H,35,36)/t16-/m0/s1. The van der Waals surface area contributed by atoms with Crippen molar-refractivity contribution < 1.29 is 19.4 Å². The van der Waals surface area contributed by atoms with E-state index in [-0.39, 0.29) is 23.6 Å². The number of rotatable bonds is 9. The Hall–Kier alpha value is -3.25. The number of methoxy groups -OCH3 is 1. The Morgan fingerprint density at radius 3 is 2.74 bits per heavy atom. The van der Waals surface area contributed by atoms with Gasteiger partial charge < -0.3 is 14.6 Å². The third-order valence-corrected chi connectivity index (χ3v) is 7.31. The fourth-order valence-corrected chi connectivity index (χ4v) is 4.95. The molecule has 1 atom stereocenters. The van der Waals surface area contributed by atoms with Crippen LogP contribution in [-0.4, -0.2) is 34.1 Å². The van der Waals surface area contributed by atoms with Crippen molar-refractivity contribution in [2.45, 2.75) is 32.8 Å². The van der Waals surface area contributed by atoms with Crippen LogP contribution in [0.5, 0.6) is 11.5 Å². The van der Waals surface area contributed by atoms with Crippen molar-refractivity contribution in [1.82, 2.24) is 9.66 Å². The number of fused-ring (bicyclic) bond motifs is 1. The van der Waals surface area contributed by atoms with Crippen LogP contribution < -0.4 is 15.0 Å². The van der Waals surface area contributed by atoms with Gasteiger partial charge in [-0.1, -0.05) is 41.9 Å². The van der Waals surface area contributed by atoms with Crippen molar-refractivity contribution in [2.24, 2.45) is 5.10 Å². The van der Waals surface area contributed by atoms with Crippen molar-refractivity contribution in [1.29, 1.82) is 0 Å².